The maximum Gasteiger partial charge on any atom is 0.0572 e. The number of nitrogens with one attached hydrogen (secondary N) is 1. The first kappa shape index (κ1) is 14.3. The number of piperidine rings is 1. The lowest BCUT2D eigenvalue weighted by molar-refractivity contribution is 0.0604. The minimum absolute atomic E-state index is 0.514. The molecule has 3 nitrogen and oxygen atoms in total. The van der Waals surface area contributed by atoms with E-state index in [-0.39, 0.29) is 0 Å². The summed E-state index contributed by atoms with van der Waals surface area (Å²) in [7, 11) is 1.84. The van der Waals surface area contributed by atoms with Crippen LogP contribution < -0.4 is 5.32 Å². The SMILES string of the molecule is COC1CCC(NC(C)CN2CCCCC2)CC1. The van der Waals surface area contributed by atoms with Gasteiger partial charge in [0.15, 0.2) is 0 Å². The van der Waals surface area contributed by atoms with E-state index in [1.807, 2.05) is 7.11 Å². The standard InChI is InChI=1S/C15H30N2O/c1-13(12-17-10-4-3-5-11-17)16-14-6-8-15(18-2)9-7-14/h13-16H,3-12H2,1-2H3. The summed E-state index contributed by atoms with van der Waals surface area (Å²) in [5, 5.41) is 3.81. The van der Waals surface area contributed by atoms with Gasteiger partial charge in [0.25, 0.3) is 0 Å². The Kier molecular flexibility index (Phi) is 5.93. The molecule has 106 valence electrons. The van der Waals surface area contributed by atoms with Gasteiger partial charge in [-0.1, -0.05) is 6.42 Å². The first-order chi connectivity index (χ1) is 8.78. The van der Waals surface area contributed by atoms with Crippen LogP contribution in [-0.2, 0) is 4.74 Å². The molecule has 0 spiro atoms. The summed E-state index contributed by atoms with van der Waals surface area (Å²) in [6.07, 6.45) is 9.75. The van der Waals surface area contributed by atoms with Gasteiger partial charge in [0.05, 0.1) is 6.10 Å². The molecule has 2 aliphatic rings. The van der Waals surface area contributed by atoms with Crippen molar-refractivity contribution in [3.63, 3.8) is 0 Å². The number of nitrogens with zero attached hydrogens (tertiary/aromatic N) is 1. The number of hydrogen-bond acceptors (Lipinski definition) is 3. The second kappa shape index (κ2) is 7.46. The molecule has 0 aromatic rings. The van der Waals surface area contributed by atoms with E-state index >= 15 is 0 Å². The minimum Gasteiger partial charge on any atom is -0.381 e. The molecule has 2 rings (SSSR count). The third-order valence-electron chi connectivity index (χ3n) is 4.51. The number of hydrogen-bond donors (Lipinski definition) is 1. The molecule has 2 fully saturated rings. The van der Waals surface area contributed by atoms with Crippen LogP contribution in [0, 0.1) is 0 Å². The molecule has 0 amide bonds. The fourth-order valence-corrected chi connectivity index (χ4v) is 3.45. The largest absolute Gasteiger partial charge is 0.381 e. The fraction of sp³-hybridized carbons (Fsp3) is 1.00. The number of methoxy groups -OCH3 is 1. The summed E-state index contributed by atoms with van der Waals surface area (Å²) in [4.78, 5) is 2.63. The topological polar surface area (TPSA) is 24.5 Å². The summed E-state index contributed by atoms with van der Waals surface area (Å²) in [6, 6.07) is 1.35. The highest BCUT2D eigenvalue weighted by Crippen LogP contribution is 2.21. The second-order valence-electron chi connectivity index (χ2n) is 6.14. The molecule has 3 heteroatoms. The smallest absolute Gasteiger partial charge is 0.0572 e. The van der Waals surface area contributed by atoms with Crippen molar-refractivity contribution in [3.05, 3.63) is 0 Å². The van der Waals surface area contributed by atoms with Crippen LogP contribution in [0.1, 0.15) is 51.9 Å². The highest BCUT2D eigenvalue weighted by atomic mass is 16.5. The zero-order valence-electron chi connectivity index (χ0n) is 12.2. The molecule has 1 aliphatic heterocycles. The maximum absolute atomic E-state index is 5.43. The Bertz CT molecular complexity index is 221. The Morgan fingerprint density at radius 1 is 1.11 bits per heavy atom. The number of rotatable bonds is 5. The van der Waals surface area contributed by atoms with Crippen molar-refractivity contribution in [2.45, 2.75) is 70.1 Å². The molecule has 0 radical (unpaired) electrons. The molecule has 18 heavy (non-hydrogen) atoms. The molecule has 1 N–H and O–H groups in total. The van der Waals surface area contributed by atoms with E-state index in [9.17, 15) is 0 Å². The Morgan fingerprint density at radius 2 is 1.78 bits per heavy atom. The quantitative estimate of drug-likeness (QED) is 0.815. The molecule has 1 aliphatic carbocycles. The Morgan fingerprint density at radius 3 is 2.39 bits per heavy atom. The van der Waals surface area contributed by atoms with E-state index in [1.165, 1.54) is 64.6 Å². The second-order valence-corrected chi connectivity index (χ2v) is 6.14. The van der Waals surface area contributed by atoms with Gasteiger partial charge in [0.1, 0.15) is 0 Å². The first-order valence-corrected chi connectivity index (χ1v) is 7.79. The first-order valence-electron chi connectivity index (χ1n) is 7.79. The average Bonchev–Trinajstić information content (AvgIpc) is 2.40. The van der Waals surface area contributed by atoms with Gasteiger partial charge in [-0.05, 0) is 58.5 Å². The lowest BCUT2D eigenvalue weighted by Gasteiger charge is -2.34. The van der Waals surface area contributed by atoms with E-state index in [2.05, 4.69) is 17.1 Å². The highest BCUT2D eigenvalue weighted by molar-refractivity contribution is 4.81. The summed E-state index contributed by atoms with van der Waals surface area (Å²) < 4.78 is 5.43. The zero-order chi connectivity index (χ0) is 12.8. The van der Waals surface area contributed by atoms with Crippen LogP contribution in [-0.4, -0.2) is 49.8 Å². The highest BCUT2D eigenvalue weighted by Gasteiger charge is 2.22. The van der Waals surface area contributed by atoms with Gasteiger partial charge in [-0.2, -0.15) is 0 Å². The normalized spacial score (nSPS) is 32.3. The van der Waals surface area contributed by atoms with Gasteiger partial charge in [-0.15, -0.1) is 0 Å². The van der Waals surface area contributed by atoms with Crippen LogP contribution in [0.3, 0.4) is 0 Å². The molecule has 1 saturated heterocycles. The van der Waals surface area contributed by atoms with Crippen molar-refractivity contribution < 1.29 is 4.74 Å². The van der Waals surface area contributed by atoms with E-state index in [0.29, 0.717) is 12.1 Å². The third-order valence-corrected chi connectivity index (χ3v) is 4.51. The molecule has 1 atom stereocenters. The molecule has 0 aromatic heterocycles. The van der Waals surface area contributed by atoms with Crippen LogP contribution in [0.2, 0.25) is 0 Å². The van der Waals surface area contributed by atoms with Gasteiger partial charge in [-0.3, -0.25) is 0 Å². The van der Waals surface area contributed by atoms with Crippen LogP contribution in [0.5, 0.6) is 0 Å². The predicted octanol–water partition coefficient (Wildman–Crippen LogP) is 2.41. The van der Waals surface area contributed by atoms with Crippen LogP contribution in [0.4, 0.5) is 0 Å². The van der Waals surface area contributed by atoms with Gasteiger partial charge in [0.2, 0.25) is 0 Å². The minimum atomic E-state index is 0.514. The van der Waals surface area contributed by atoms with Crippen LogP contribution in [0.15, 0.2) is 0 Å². The maximum atomic E-state index is 5.43. The molecule has 0 bridgehead atoms. The van der Waals surface area contributed by atoms with Crippen LogP contribution >= 0.6 is 0 Å². The number of likely N-dealkylation sites (tertiary alicyclic amines) is 1. The molecular formula is C15H30N2O. The average molecular weight is 254 g/mol. The summed E-state index contributed by atoms with van der Waals surface area (Å²) >= 11 is 0. The van der Waals surface area contributed by atoms with Crippen molar-refractivity contribution >= 4 is 0 Å². The molecular weight excluding hydrogens is 224 g/mol. The van der Waals surface area contributed by atoms with E-state index < -0.39 is 0 Å². The van der Waals surface area contributed by atoms with E-state index in [4.69, 9.17) is 4.74 Å². The summed E-state index contributed by atoms with van der Waals surface area (Å²) in [5.41, 5.74) is 0. The Hall–Kier alpha value is -0.120. The lowest BCUT2D eigenvalue weighted by atomic mass is 9.92. The fourth-order valence-electron chi connectivity index (χ4n) is 3.45. The Balaban J connectivity index is 1.63. The lowest BCUT2D eigenvalue weighted by Crippen LogP contribution is -2.46. The van der Waals surface area contributed by atoms with Gasteiger partial charge in [0, 0.05) is 25.7 Å². The van der Waals surface area contributed by atoms with Gasteiger partial charge < -0.3 is 15.0 Å². The van der Waals surface area contributed by atoms with E-state index in [1.54, 1.807) is 0 Å². The van der Waals surface area contributed by atoms with Gasteiger partial charge in [-0.25, -0.2) is 0 Å². The zero-order valence-corrected chi connectivity index (χ0v) is 12.2. The molecule has 0 aromatic carbocycles. The predicted molar refractivity (Wildman–Crippen MR) is 75.9 cm³/mol. The number of ether oxygens (including phenoxy) is 1. The van der Waals surface area contributed by atoms with Crippen molar-refractivity contribution in [2.24, 2.45) is 0 Å². The van der Waals surface area contributed by atoms with Gasteiger partial charge >= 0.3 is 0 Å². The monoisotopic (exact) mass is 254 g/mol. The van der Waals surface area contributed by atoms with Crippen LogP contribution in [0.25, 0.3) is 0 Å². The summed E-state index contributed by atoms with van der Waals surface area (Å²) in [6.45, 7) is 6.19. The van der Waals surface area contributed by atoms with Crippen molar-refractivity contribution in [1.29, 1.82) is 0 Å². The molecule has 1 heterocycles. The molecule has 1 saturated carbocycles. The molecule has 1 unspecified atom stereocenters. The van der Waals surface area contributed by atoms with Crippen molar-refractivity contribution in [3.8, 4) is 0 Å². The van der Waals surface area contributed by atoms with Crippen molar-refractivity contribution in [1.82, 2.24) is 10.2 Å². The van der Waals surface area contributed by atoms with E-state index in [0.717, 1.165) is 6.04 Å². The Labute approximate surface area is 112 Å². The third kappa shape index (κ3) is 4.52. The van der Waals surface area contributed by atoms with Crippen molar-refractivity contribution in [2.75, 3.05) is 26.7 Å². The summed E-state index contributed by atoms with van der Waals surface area (Å²) in [5.74, 6) is 0.